The maximum Gasteiger partial charge on any atom is 0.242 e. The molecule has 0 aliphatic heterocycles. The van der Waals surface area contributed by atoms with E-state index in [0.717, 1.165) is 11.8 Å². The minimum atomic E-state index is -3.64. The van der Waals surface area contributed by atoms with Crippen LogP contribution in [0.3, 0.4) is 0 Å². The number of carbonyl (C=O) groups excluding carboxylic acids is 2. The van der Waals surface area contributed by atoms with Crippen LogP contribution >= 0.6 is 11.6 Å². The monoisotopic (exact) mass is 553 g/mol. The molecule has 2 aromatic rings. The Hall–Kier alpha value is -2.98. The first-order valence-electron chi connectivity index (χ1n) is 11.9. The highest BCUT2D eigenvalue weighted by Gasteiger charge is 2.27. The molecule has 0 fully saturated rings. The summed E-state index contributed by atoms with van der Waals surface area (Å²) in [4.78, 5) is 27.6. The van der Waals surface area contributed by atoms with Gasteiger partial charge in [-0.1, -0.05) is 23.7 Å². The van der Waals surface area contributed by atoms with E-state index in [1.54, 1.807) is 32.2 Å². The topological polar surface area (TPSA) is 105 Å². The third-order valence-electron chi connectivity index (χ3n) is 5.66. The van der Waals surface area contributed by atoms with Gasteiger partial charge in [-0.15, -0.1) is 0 Å². The zero-order chi connectivity index (χ0) is 27.8. The number of amides is 2. The lowest BCUT2D eigenvalue weighted by Crippen LogP contribution is -2.49. The zero-order valence-corrected chi connectivity index (χ0v) is 23.7. The van der Waals surface area contributed by atoms with Crippen LogP contribution in [0.2, 0.25) is 5.02 Å². The molecular formula is C26H36ClN3O6S. The number of halogens is 1. The number of anilines is 1. The second-order valence-corrected chi connectivity index (χ2v) is 11.3. The number of nitrogens with one attached hydrogen (secondary N) is 1. The SMILES string of the molecule is COc1cccc(CN(C(=O)CCCN(c2ccc(OC)c(Cl)c2)S(C)(=O)=O)[C@H](C)C(=O)NC(C)C)c1. The van der Waals surface area contributed by atoms with Crippen molar-refractivity contribution in [2.24, 2.45) is 0 Å². The fourth-order valence-corrected chi connectivity index (χ4v) is 4.98. The predicted molar refractivity (Wildman–Crippen MR) is 146 cm³/mol. The Morgan fingerprint density at radius 2 is 1.76 bits per heavy atom. The second-order valence-electron chi connectivity index (χ2n) is 8.97. The first-order valence-corrected chi connectivity index (χ1v) is 14.1. The minimum Gasteiger partial charge on any atom is -0.497 e. The first-order chi connectivity index (χ1) is 17.4. The number of ether oxygens (including phenoxy) is 2. The van der Waals surface area contributed by atoms with E-state index in [-0.39, 0.29) is 48.8 Å². The van der Waals surface area contributed by atoms with E-state index in [1.165, 1.54) is 22.4 Å². The first kappa shape index (κ1) is 30.2. The molecule has 1 atom stereocenters. The van der Waals surface area contributed by atoms with Gasteiger partial charge in [-0.05, 0) is 63.1 Å². The number of carbonyl (C=O) groups is 2. The van der Waals surface area contributed by atoms with Gasteiger partial charge in [-0.25, -0.2) is 8.42 Å². The number of benzene rings is 2. The van der Waals surface area contributed by atoms with Gasteiger partial charge in [0.25, 0.3) is 0 Å². The molecule has 204 valence electrons. The van der Waals surface area contributed by atoms with E-state index in [1.807, 2.05) is 32.0 Å². The van der Waals surface area contributed by atoms with Gasteiger partial charge in [0.2, 0.25) is 21.8 Å². The number of hydrogen-bond acceptors (Lipinski definition) is 6. The Bertz CT molecular complexity index is 1190. The largest absolute Gasteiger partial charge is 0.497 e. The van der Waals surface area contributed by atoms with Gasteiger partial charge in [-0.3, -0.25) is 13.9 Å². The van der Waals surface area contributed by atoms with E-state index in [0.29, 0.717) is 17.2 Å². The Kier molecular flexibility index (Phi) is 11.1. The van der Waals surface area contributed by atoms with E-state index in [4.69, 9.17) is 21.1 Å². The maximum absolute atomic E-state index is 13.3. The zero-order valence-electron chi connectivity index (χ0n) is 22.2. The summed E-state index contributed by atoms with van der Waals surface area (Å²) in [7, 11) is -0.608. The van der Waals surface area contributed by atoms with Crippen LogP contribution in [0.1, 0.15) is 39.2 Å². The average Bonchev–Trinajstić information content (AvgIpc) is 2.83. The van der Waals surface area contributed by atoms with Crippen molar-refractivity contribution < 1.29 is 27.5 Å². The molecule has 37 heavy (non-hydrogen) atoms. The summed E-state index contributed by atoms with van der Waals surface area (Å²) >= 11 is 6.19. The molecule has 9 nitrogen and oxygen atoms in total. The van der Waals surface area contributed by atoms with Crippen LogP contribution in [0.15, 0.2) is 42.5 Å². The van der Waals surface area contributed by atoms with Crippen molar-refractivity contribution in [3.05, 3.63) is 53.1 Å². The highest BCUT2D eigenvalue weighted by atomic mass is 35.5. The lowest BCUT2D eigenvalue weighted by Gasteiger charge is -2.30. The average molecular weight is 554 g/mol. The van der Waals surface area contributed by atoms with Crippen molar-refractivity contribution in [1.29, 1.82) is 0 Å². The van der Waals surface area contributed by atoms with Crippen molar-refractivity contribution >= 4 is 39.1 Å². The van der Waals surface area contributed by atoms with Crippen LogP contribution in [0.4, 0.5) is 5.69 Å². The number of methoxy groups -OCH3 is 2. The number of sulfonamides is 1. The molecule has 0 radical (unpaired) electrons. The van der Waals surface area contributed by atoms with Gasteiger partial charge in [0.05, 0.1) is 31.2 Å². The summed E-state index contributed by atoms with van der Waals surface area (Å²) in [5.74, 6) is 0.536. The van der Waals surface area contributed by atoms with E-state index in [2.05, 4.69) is 5.32 Å². The quantitative estimate of drug-likeness (QED) is 0.404. The summed E-state index contributed by atoms with van der Waals surface area (Å²) in [6.45, 7) is 5.64. The second kappa shape index (κ2) is 13.5. The molecular weight excluding hydrogens is 518 g/mol. The third-order valence-corrected chi connectivity index (χ3v) is 7.15. The van der Waals surface area contributed by atoms with Crippen LogP contribution in [-0.4, -0.2) is 64.2 Å². The highest BCUT2D eigenvalue weighted by molar-refractivity contribution is 7.92. The molecule has 11 heteroatoms. The van der Waals surface area contributed by atoms with Crippen molar-refractivity contribution in [3.8, 4) is 11.5 Å². The Balaban J connectivity index is 2.21. The fourth-order valence-electron chi connectivity index (χ4n) is 3.77. The molecule has 2 amide bonds. The molecule has 2 aromatic carbocycles. The van der Waals surface area contributed by atoms with Gasteiger partial charge in [0, 0.05) is 25.6 Å². The van der Waals surface area contributed by atoms with Gasteiger partial charge in [-0.2, -0.15) is 0 Å². The predicted octanol–water partition coefficient (Wildman–Crippen LogP) is 3.85. The molecule has 0 bridgehead atoms. The summed E-state index contributed by atoms with van der Waals surface area (Å²) in [6, 6.07) is 11.2. The van der Waals surface area contributed by atoms with E-state index in [9.17, 15) is 18.0 Å². The molecule has 1 N–H and O–H groups in total. The number of rotatable bonds is 13. The molecule has 0 spiro atoms. The van der Waals surface area contributed by atoms with E-state index >= 15 is 0 Å². The lowest BCUT2D eigenvalue weighted by molar-refractivity contribution is -0.140. The van der Waals surface area contributed by atoms with Crippen molar-refractivity contribution in [2.45, 2.75) is 52.2 Å². The standard InChI is InChI=1S/C26H36ClN3O6S/c1-18(2)28-26(32)19(3)29(17-20-9-7-10-22(15-20)35-4)25(31)11-8-14-30(37(6,33)34)21-12-13-24(36-5)23(27)16-21/h7,9-10,12-13,15-16,18-19H,8,11,14,17H2,1-6H3,(H,28,32)/t19-/m1/s1. The van der Waals surface area contributed by atoms with Crippen molar-refractivity contribution in [2.75, 3.05) is 31.3 Å². The smallest absolute Gasteiger partial charge is 0.242 e. The summed E-state index contributed by atoms with van der Waals surface area (Å²) in [6.07, 6.45) is 1.38. The highest BCUT2D eigenvalue weighted by Crippen LogP contribution is 2.30. The number of hydrogen-bond donors (Lipinski definition) is 1. The van der Waals surface area contributed by atoms with Crippen molar-refractivity contribution in [3.63, 3.8) is 0 Å². The summed E-state index contributed by atoms with van der Waals surface area (Å²) in [5, 5.41) is 3.13. The molecule has 0 aliphatic rings. The van der Waals surface area contributed by atoms with Gasteiger partial charge >= 0.3 is 0 Å². The molecule has 0 aromatic heterocycles. The molecule has 0 heterocycles. The Labute approximate surface area is 224 Å². The summed E-state index contributed by atoms with van der Waals surface area (Å²) < 4.78 is 36.6. The molecule has 2 rings (SSSR count). The minimum absolute atomic E-state index is 0.0408. The number of nitrogens with zero attached hydrogens (tertiary/aromatic N) is 2. The summed E-state index contributed by atoms with van der Waals surface area (Å²) in [5.41, 5.74) is 1.18. The molecule has 0 aliphatic carbocycles. The fraction of sp³-hybridized carbons (Fsp3) is 0.462. The third kappa shape index (κ3) is 8.82. The van der Waals surface area contributed by atoms with Crippen LogP contribution < -0.4 is 19.1 Å². The van der Waals surface area contributed by atoms with Crippen LogP contribution in [0.5, 0.6) is 11.5 Å². The Morgan fingerprint density at radius 3 is 2.32 bits per heavy atom. The molecule has 0 saturated heterocycles. The van der Waals surface area contributed by atoms with Gasteiger partial charge in [0.15, 0.2) is 0 Å². The van der Waals surface area contributed by atoms with Crippen LogP contribution in [0.25, 0.3) is 0 Å². The van der Waals surface area contributed by atoms with Crippen LogP contribution in [-0.2, 0) is 26.2 Å². The lowest BCUT2D eigenvalue weighted by atomic mass is 10.1. The maximum atomic E-state index is 13.3. The van der Waals surface area contributed by atoms with Gasteiger partial charge in [0.1, 0.15) is 17.5 Å². The normalized spacial score (nSPS) is 12.1. The molecule has 0 unspecified atom stereocenters. The molecule has 0 saturated carbocycles. The van der Waals surface area contributed by atoms with E-state index < -0.39 is 16.1 Å². The Morgan fingerprint density at radius 1 is 1.05 bits per heavy atom. The van der Waals surface area contributed by atoms with Gasteiger partial charge < -0.3 is 19.7 Å². The van der Waals surface area contributed by atoms with Crippen LogP contribution in [0, 0.1) is 0 Å². The van der Waals surface area contributed by atoms with Crippen molar-refractivity contribution in [1.82, 2.24) is 10.2 Å².